The van der Waals surface area contributed by atoms with E-state index in [1.807, 2.05) is 0 Å². The Morgan fingerprint density at radius 3 is 2.70 bits per heavy atom. The van der Waals surface area contributed by atoms with Gasteiger partial charge in [0.05, 0.1) is 12.9 Å². The summed E-state index contributed by atoms with van der Waals surface area (Å²) < 4.78 is 36.0. The van der Waals surface area contributed by atoms with Gasteiger partial charge in [-0.05, 0) is 19.1 Å². The molecule has 0 radical (unpaired) electrons. The minimum absolute atomic E-state index is 0.0852. The molecule has 0 atom stereocenters. The lowest BCUT2D eigenvalue weighted by Gasteiger charge is -2.01. The van der Waals surface area contributed by atoms with E-state index in [1.54, 1.807) is 31.2 Å². The number of hydrogen-bond acceptors (Lipinski definition) is 6. The molecule has 2 rings (SSSR count). The van der Waals surface area contributed by atoms with Crippen LogP contribution in [0.2, 0.25) is 0 Å². The number of benzene rings is 1. The lowest BCUT2D eigenvalue weighted by atomic mass is 10.3. The molecule has 0 aliphatic rings. The molecule has 0 bridgehead atoms. The van der Waals surface area contributed by atoms with E-state index in [4.69, 9.17) is 9.15 Å². The topological polar surface area (TPSA) is 98.8 Å². The minimum Gasteiger partial charge on any atom is -0.461 e. The molecule has 1 aromatic heterocycles. The number of esters is 1. The van der Waals surface area contributed by atoms with Gasteiger partial charge in [-0.3, -0.25) is 0 Å². The Kier molecular flexibility index (Phi) is 3.84. The molecule has 0 saturated carbocycles. The average molecular weight is 296 g/mol. The number of sulfonamides is 1. The molecule has 2 aromatic rings. The van der Waals surface area contributed by atoms with Gasteiger partial charge in [0.1, 0.15) is 5.52 Å². The third-order valence-corrected chi connectivity index (χ3v) is 2.74. The van der Waals surface area contributed by atoms with Crippen molar-refractivity contribution in [2.24, 2.45) is 4.40 Å². The molecular formula is C12H12N2O5S. The largest absolute Gasteiger partial charge is 0.461 e. The fourth-order valence-electron chi connectivity index (χ4n) is 1.50. The number of aromatic nitrogens is 1. The van der Waals surface area contributed by atoms with Gasteiger partial charge in [0, 0.05) is 0 Å². The summed E-state index contributed by atoms with van der Waals surface area (Å²) >= 11 is 0. The predicted octanol–water partition coefficient (Wildman–Crippen LogP) is 1.14. The number of carbonyl (C=O) groups is 1. The van der Waals surface area contributed by atoms with Crippen molar-refractivity contribution < 1.29 is 22.4 Å². The van der Waals surface area contributed by atoms with Crippen LogP contribution in [-0.4, -0.2) is 37.9 Å². The van der Waals surface area contributed by atoms with Gasteiger partial charge in [-0.1, -0.05) is 12.1 Å². The Morgan fingerprint density at radius 2 is 2.10 bits per heavy atom. The molecule has 0 N–H and O–H groups in total. The summed E-state index contributed by atoms with van der Waals surface area (Å²) in [6.45, 7) is 1.68. The van der Waals surface area contributed by atoms with E-state index in [2.05, 4.69) is 9.38 Å². The SMILES string of the molecule is CCOC(=O)/C(=N\S(C)(=O)=O)c1nc2ccccc2o1. The Labute approximate surface area is 115 Å². The van der Waals surface area contributed by atoms with Gasteiger partial charge in [0.15, 0.2) is 5.58 Å². The Morgan fingerprint density at radius 1 is 1.40 bits per heavy atom. The quantitative estimate of drug-likeness (QED) is 0.619. The molecule has 1 aromatic carbocycles. The van der Waals surface area contributed by atoms with Crippen molar-refractivity contribution in [3.05, 3.63) is 30.2 Å². The first kappa shape index (κ1) is 14.2. The van der Waals surface area contributed by atoms with Gasteiger partial charge in [-0.25, -0.2) is 18.2 Å². The smallest absolute Gasteiger partial charge is 0.363 e. The minimum atomic E-state index is -3.79. The first-order valence-corrected chi connectivity index (χ1v) is 7.58. The van der Waals surface area contributed by atoms with E-state index in [-0.39, 0.29) is 12.5 Å². The molecular weight excluding hydrogens is 284 g/mol. The van der Waals surface area contributed by atoms with Crippen molar-refractivity contribution in [2.75, 3.05) is 12.9 Å². The van der Waals surface area contributed by atoms with E-state index in [0.717, 1.165) is 6.26 Å². The number of para-hydroxylation sites is 2. The van der Waals surface area contributed by atoms with Crippen LogP contribution in [0.5, 0.6) is 0 Å². The number of fused-ring (bicyclic) bond motifs is 1. The molecule has 0 unspecified atom stereocenters. The Hall–Kier alpha value is -2.22. The maximum atomic E-state index is 11.8. The summed E-state index contributed by atoms with van der Waals surface area (Å²) in [6.07, 6.45) is 0.870. The zero-order chi connectivity index (χ0) is 14.8. The maximum absolute atomic E-state index is 11.8. The second kappa shape index (κ2) is 5.41. The normalized spacial score (nSPS) is 12.6. The van der Waals surface area contributed by atoms with Gasteiger partial charge < -0.3 is 9.15 Å². The van der Waals surface area contributed by atoms with Crippen LogP contribution in [0.3, 0.4) is 0 Å². The van der Waals surface area contributed by atoms with Crippen LogP contribution in [0.15, 0.2) is 33.1 Å². The number of oxazole rings is 1. The first-order chi connectivity index (χ1) is 9.40. The molecule has 0 amide bonds. The molecule has 1 heterocycles. The van der Waals surface area contributed by atoms with Crippen LogP contribution in [-0.2, 0) is 19.6 Å². The molecule has 0 aliphatic heterocycles. The van der Waals surface area contributed by atoms with E-state index in [0.29, 0.717) is 11.1 Å². The summed E-state index contributed by atoms with van der Waals surface area (Å²) in [5.41, 5.74) is 0.451. The fraction of sp³-hybridized carbons (Fsp3) is 0.250. The lowest BCUT2D eigenvalue weighted by Crippen LogP contribution is -2.20. The molecule has 0 spiro atoms. The third-order valence-electron chi connectivity index (χ3n) is 2.22. The Balaban J connectivity index is 2.56. The second-order valence-corrected chi connectivity index (χ2v) is 5.53. The summed E-state index contributed by atoms with van der Waals surface area (Å²) in [4.78, 5) is 15.8. The van der Waals surface area contributed by atoms with Crippen molar-refractivity contribution in [3.8, 4) is 0 Å². The predicted molar refractivity (Wildman–Crippen MR) is 72.0 cm³/mol. The number of carbonyl (C=O) groups excluding carboxylic acids is 1. The molecule has 20 heavy (non-hydrogen) atoms. The van der Waals surface area contributed by atoms with Crippen LogP contribution < -0.4 is 0 Å². The van der Waals surface area contributed by atoms with Gasteiger partial charge in [-0.2, -0.15) is 4.40 Å². The van der Waals surface area contributed by atoms with E-state index in [9.17, 15) is 13.2 Å². The number of nitrogens with zero attached hydrogens (tertiary/aromatic N) is 2. The van der Waals surface area contributed by atoms with Crippen molar-refractivity contribution in [2.45, 2.75) is 6.92 Å². The van der Waals surface area contributed by atoms with Gasteiger partial charge in [0.25, 0.3) is 15.9 Å². The lowest BCUT2D eigenvalue weighted by molar-refractivity contribution is -0.135. The molecule has 0 aliphatic carbocycles. The van der Waals surface area contributed by atoms with Gasteiger partial charge in [0.2, 0.25) is 5.71 Å². The second-order valence-electron chi connectivity index (χ2n) is 3.88. The van der Waals surface area contributed by atoms with Gasteiger partial charge in [-0.15, -0.1) is 0 Å². The number of rotatable bonds is 4. The average Bonchev–Trinajstić information content (AvgIpc) is 2.78. The highest BCUT2D eigenvalue weighted by Crippen LogP contribution is 2.16. The monoisotopic (exact) mass is 296 g/mol. The van der Waals surface area contributed by atoms with Crippen LogP contribution in [0.25, 0.3) is 11.1 Å². The van der Waals surface area contributed by atoms with Crippen LogP contribution in [0, 0.1) is 0 Å². The first-order valence-electron chi connectivity index (χ1n) is 5.73. The zero-order valence-corrected chi connectivity index (χ0v) is 11.7. The van der Waals surface area contributed by atoms with Crippen LogP contribution in [0.1, 0.15) is 12.8 Å². The molecule has 0 fully saturated rings. The number of ether oxygens (including phenoxy) is 1. The van der Waals surface area contributed by atoms with E-state index < -0.39 is 21.7 Å². The van der Waals surface area contributed by atoms with Crippen molar-refractivity contribution >= 4 is 32.8 Å². The summed E-state index contributed by atoms with van der Waals surface area (Å²) in [7, 11) is -3.79. The van der Waals surface area contributed by atoms with Crippen LogP contribution in [0.4, 0.5) is 0 Å². The maximum Gasteiger partial charge on any atom is 0.363 e. The summed E-state index contributed by atoms with van der Waals surface area (Å²) in [5, 5.41) is 0. The Bertz CT molecular complexity index is 743. The molecule has 0 saturated heterocycles. The molecule has 106 valence electrons. The third kappa shape index (κ3) is 3.21. The summed E-state index contributed by atoms with van der Waals surface area (Å²) in [6, 6.07) is 6.79. The standard InChI is InChI=1S/C12H12N2O5S/c1-3-18-12(15)10(14-20(2,16)17)11-13-8-6-4-5-7-9(8)19-11/h4-7H,3H2,1-2H3/b14-10-. The van der Waals surface area contributed by atoms with E-state index in [1.165, 1.54) is 0 Å². The van der Waals surface area contributed by atoms with Crippen molar-refractivity contribution in [1.29, 1.82) is 0 Å². The van der Waals surface area contributed by atoms with E-state index >= 15 is 0 Å². The molecule has 7 nitrogen and oxygen atoms in total. The zero-order valence-electron chi connectivity index (χ0n) is 10.9. The summed E-state index contributed by atoms with van der Waals surface area (Å²) in [5.74, 6) is -1.08. The molecule has 8 heteroatoms. The van der Waals surface area contributed by atoms with Crippen molar-refractivity contribution in [3.63, 3.8) is 0 Å². The van der Waals surface area contributed by atoms with Crippen LogP contribution >= 0.6 is 0 Å². The number of hydrogen-bond donors (Lipinski definition) is 0. The fourth-order valence-corrected chi connectivity index (χ4v) is 1.99. The highest BCUT2D eigenvalue weighted by molar-refractivity contribution is 7.89. The highest BCUT2D eigenvalue weighted by Gasteiger charge is 2.23. The van der Waals surface area contributed by atoms with Gasteiger partial charge >= 0.3 is 5.97 Å². The highest BCUT2D eigenvalue weighted by atomic mass is 32.2. The van der Waals surface area contributed by atoms with Crippen molar-refractivity contribution in [1.82, 2.24) is 4.98 Å².